The van der Waals surface area contributed by atoms with Crippen LogP contribution in [0.15, 0.2) is 24.3 Å². The molecule has 0 unspecified atom stereocenters. The smallest absolute Gasteiger partial charge is 0.137 e. The van der Waals surface area contributed by atoms with E-state index in [0.717, 1.165) is 30.0 Å². The van der Waals surface area contributed by atoms with E-state index in [2.05, 4.69) is 31.2 Å². The number of hydrogen-bond acceptors (Lipinski definition) is 2. The number of nitrogens with one attached hydrogen (secondary N) is 2. The topological polar surface area (TPSA) is 38.3 Å². The molecule has 29 heavy (non-hydrogen) atoms. The second-order valence-electron chi connectivity index (χ2n) is 10.7. The summed E-state index contributed by atoms with van der Waals surface area (Å²) in [5.74, 6) is 3.86. The van der Waals surface area contributed by atoms with Gasteiger partial charge in [-0.05, 0) is 86.3 Å². The second kappa shape index (κ2) is 8.20. The van der Waals surface area contributed by atoms with E-state index in [-0.39, 0.29) is 6.10 Å². The zero-order valence-electron chi connectivity index (χ0n) is 18.2. The molecular weight excluding hydrogens is 360 g/mol. The lowest BCUT2D eigenvalue weighted by molar-refractivity contribution is -1.01. The Hall–Kier alpha value is -1.10. The van der Waals surface area contributed by atoms with Gasteiger partial charge < -0.3 is 19.6 Å². The van der Waals surface area contributed by atoms with E-state index in [1.165, 1.54) is 76.1 Å². The lowest BCUT2D eigenvalue weighted by Gasteiger charge is -2.57. The summed E-state index contributed by atoms with van der Waals surface area (Å²) in [5, 5.41) is 10.4. The van der Waals surface area contributed by atoms with Gasteiger partial charge in [-0.25, -0.2) is 0 Å². The van der Waals surface area contributed by atoms with Crippen LogP contribution in [0.4, 0.5) is 0 Å². The molecule has 1 aromatic rings. The molecule has 5 fully saturated rings. The molecule has 0 radical (unpaired) electrons. The highest BCUT2D eigenvalue weighted by Crippen LogP contribution is 2.60. The van der Waals surface area contributed by atoms with Crippen molar-refractivity contribution in [1.82, 2.24) is 0 Å². The molecule has 0 aromatic heterocycles. The van der Waals surface area contributed by atoms with Crippen molar-refractivity contribution in [3.05, 3.63) is 29.8 Å². The predicted octanol–water partition coefficient (Wildman–Crippen LogP) is 0.697. The van der Waals surface area contributed by atoms with Gasteiger partial charge in [-0.1, -0.05) is 12.1 Å². The van der Waals surface area contributed by atoms with E-state index in [9.17, 15) is 5.11 Å². The van der Waals surface area contributed by atoms with Gasteiger partial charge in [0.25, 0.3) is 0 Å². The van der Waals surface area contributed by atoms with Crippen molar-refractivity contribution in [3.8, 4) is 5.75 Å². The summed E-state index contributed by atoms with van der Waals surface area (Å²) in [6, 6.07) is 8.95. The van der Waals surface area contributed by atoms with Crippen LogP contribution in [0.25, 0.3) is 0 Å². The van der Waals surface area contributed by atoms with E-state index < -0.39 is 0 Å². The Kier molecular flexibility index (Phi) is 5.61. The molecule has 3 N–H and O–H groups in total. The lowest BCUT2D eigenvalue weighted by atomic mass is 9.48. The quantitative estimate of drug-likeness (QED) is 0.630. The van der Waals surface area contributed by atoms with Crippen molar-refractivity contribution >= 4 is 0 Å². The van der Waals surface area contributed by atoms with Crippen LogP contribution in [0.2, 0.25) is 0 Å². The number of quaternary nitrogens is 2. The third-order valence-corrected chi connectivity index (χ3v) is 8.64. The first-order chi connectivity index (χ1) is 14.1. The van der Waals surface area contributed by atoms with Gasteiger partial charge in [-0.2, -0.15) is 0 Å². The molecule has 1 atom stereocenters. The van der Waals surface area contributed by atoms with Crippen LogP contribution in [0.3, 0.4) is 0 Å². The molecule has 0 spiro atoms. The van der Waals surface area contributed by atoms with Gasteiger partial charge in [0.2, 0.25) is 0 Å². The Balaban J connectivity index is 1.13. The molecule has 6 rings (SSSR count). The van der Waals surface area contributed by atoms with Gasteiger partial charge in [0.05, 0.1) is 6.54 Å². The van der Waals surface area contributed by atoms with E-state index in [1.807, 2.05) is 0 Å². The first-order valence-corrected chi connectivity index (χ1v) is 12.2. The largest absolute Gasteiger partial charge is 0.491 e. The Morgan fingerprint density at radius 1 is 0.931 bits per heavy atom. The first-order valence-electron chi connectivity index (χ1n) is 12.2. The van der Waals surface area contributed by atoms with Crippen LogP contribution in [0.1, 0.15) is 51.0 Å². The average molecular weight is 401 g/mol. The van der Waals surface area contributed by atoms with Crippen LogP contribution >= 0.6 is 0 Å². The van der Waals surface area contributed by atoms with Crippen molar-refractivity contribution in [2.24, 2.45) is 17.8 Å². The van der Waals surface area contributed by atoms with E-state index in [0.29, 0.717) is 12.0 Å². The number of piperazine rings is 1. The van der Waals surface area contributed by atoms with Crippen molar-refractivity contribution in [3.63, 3.8) is 0 Å². The van der Waals surface area contributed by atoms with Gasteiger partial charge in [-0.3, -0.25) is 0 Å². The molecule has 1 aromatic carbocycles. The maximum Gasteiger partial charge on any atom is 0.137 e. The number of ether oxygens (including phenoxy) is 1. The Morgan fingerprint density at radius 3 is 2.03 bits per heavy atom. The standard InChI is InChI=1S/C25H38N2O2/c1-2-26-7-9-27(10-8-26)17-23(28)18-29-24-5-3-22(4-6-24)25-14-19-11-20(15-25)13-21(12-19)16-25/h3-6,19-21,23,28H,2,7-18H2,1H3/p+2/t19?,20?,21?,23-,25?/m1/s1. The zero-order valence-corrected chi connectivity index (χ0v) is 18.2. The number of hydrogen-bond donors (Lipinski definition) is 3. The van der Waals surface area contributed by atoms with Crippen LogP contribution in [0.5, 0.6) is 5.75 Å². The molecule has 4 bridgehead atoms. The second-order valence-corrected chi connectivity index (χ2v) is 10.7. The van der Waals surface area contributed by atoms with E-state index in [1.54, 1.807) is 10.5 Å². The highest BCUT2D eigenvalue weighted by molar-refractivity contribution is 5.34. The summed E-state index contributed by atoms with van der Waals surface area (Å²) in [5.41, 5.74) is 2.00. The van der Waals surface area contributed by atoms with Crippen molar-refractivity contribution < 1.29 is 19.6 Å². The SMILES string of the molecule is CC[NH+]1CC[NH+](C[C@@H](O)COc2ccc(C34CC5CC(CC(C5)C3)C4)cc2)CC1. The lowest BCUT2D eigenvalue weighted by Crippen LogP contribution is -3.28. The Bertz CT molecular complexity index is 645. The monoisotopic (exact) mass is 400 g/mol. The fourth-order valence-corrected chi connectivity index (χ4v) is 7.47. The fraction of sp³-hybridized carbons (Fsp3) is 0.760. The van der Waals surface area contributed by atoms with Crippen molar-refractivity contribution in [2.45, 2.75) is 57.0 Å². The third-order valence-electron chi connectivity index (χ3n) is 8.64. The van der Waals surface area contributed by atoms with Gasteiger partial charge in [-0.15, -0.1) is 0 Å². The Morgan fingerprint density at radius 2 is 1.48 bits per heavy atom. The van der Waals surface area contributed by atoms with Crippen molar-refractivity contribution in [2.75, 3.05) is 45.9 Å². The molecule has 0 amide bonds. The minimum Gasteiger partial charge on any atom is -0.491 e. The average Bonchev–Trinajstić information content (AvgIpc) is 2.72. The molecule has 1 heterocycles. The van der Waals surface area contributed by atoms with Crippen LogP contribution in [-0.2, 0) is 5.41 Å². The molecule has 4 nitrogen and oxygen atoms in total. The third kappa shape index (κ3) is 4.22. The summed E-state index contributed by atoms with van der Waals surface area (Å²) in [4.78, 5) is 3.22. The molecule has 160 valence electrons. The number of rotatable bonds is 7. The van der Waals surface area contributed by atoms with Gasteiger partial charge in [0.15, 0.2) is 0 Å². The molecule has 4 heteroatoms. The summed E-state index contributed by atoms with van der Waals surface area (Å²) >= 11 is 0. The summed E-state index contributed by atoms with van der Waals surface area (Å²) < 4.78 is 5.96. The zero-order chi connectivity index (χ0) is 19.8. The molecule has 4 saturated carbocycles. The van der Waals surface area contributed by atoms with Crippen LogP contribution in [-0.4, -0.2) is 57.1 Å². The van der Waals surface area contributed by atoms with Crippen LogP contribution in [0, 0.1) is 17.8 Å². The summed E-state index contributed by atoms with van der Waals surface area (Å²) in [6.07, 6.45) is 8.34. The number of benzene rings is 1. The fourth-order valence-electron chi connectivity index (χ4n) is 7.47. The van der Waals surface area contributed by atoms with E-state index in [4.69, 9.17) is 4.74 Å². The number of aliphatic hydroxyl groups is 1. The van der Waals surface area contributed by atoms with Gasteiger partial charge in [0.1, 0.15) is 51.2 Å². The predicted molar refractivity (Wildman–Crippen MR) is 115 cm³/mol. The maximum atomic E-state index is 10.4. The number of aliphatic hydroxyl groups excluding tert-OH is 1. The summed E-state index contributed by atoms with van der Waals surface area (Å²) in [7, 11) is 0. The molecule has 1 aliphatic heterocycles. The molecule has 5 aliphatic rings. The summed E-state index contributed by atoms with van der Waals surface area (Å²) in [6.45, 7) is 9.49. The highest BCUT2D eigenvalue weighted by atomic mass is 16.5. The van der Waals surface area contributed by atoms with Crippen molar-refractivity contribution in [1.29, 1.82) is 0 Å². The minimum absolute atomic E-state index is 0.379. The molecule has 1 saturated heterocycles. The molecule has 4 aliphatic carbocycles. The van der Waals surface area contributed by atoms with Gasteiger partial charge >= 0.3 is 0 Å². The minimum atomic E-state index is -0.379. The number of likely N-dealkylation sites (N-methyl/N-ethyl adjacent to an activating group) is 1. The normalized spacial score (nSPS) is 39.4. The molecular formula is C25H40N2O2+2. The maximum absolute atomic E-state index is 10.4. The van der Waals surface area contributed by atoms with E-state index >= 15 is 0 Å². The highest BCUT2D eigenvalue weighted by Gasteiger charge is 2.51. The first kappa shape index (κ1) is 19.8. The Labute approximate surface area is 176 Å². The van der Waals surface area contributed by atoms with Gasteiger partial charge in [0, 0.05) is 0 Å². The van der Waals surface area contributed by atoms with Crippen LogP contribution < -0.4 is 14.5 Å².